The second-order valence-corrected chi connectivity index (χ2v) is 5.19. The van der Waals surface area contributed by atoms with Gasteiger partial charge in [0.1, 0.15) is 11.5 Å². The van der Waals surface area contributed by atoms with Crippen molar-refractivity contribution in [1.29, 1.82) is 0 Å². The number of carbonyl (C=O) groups is 1. The average molecular weight is 305 g/mol. The summed E-state index contributed by atoms with van der Waals surface area (Å²) in [5.41, 5.74) is 2.46. The van der Waals surface area contributed by atoms with Gasteiger partial charge in [-0.15, -0.1) is 0 Å². The third kappa shape index (κ3) is 3.76. The van der Waals surface area contributed by atoms with Crippen molar-refractivity contribution in [2.45, 2.75) is 13.8 Å². The molecule has 110 valence electrons. The second-order valence-electron chi connectivity index (χ2n) is 4.81. The van der Waals surface area contributed by atoms with Crippen molar-refractivity contribution in [3.63, 3.8) is 0 Å². The van der Waals surface area contributed by atoms with Crippen molar-refractivity contribution in [2.75, 3.05) is 13.7 Å². The Morgan fingerprint density at radius 1 is 1.05 bits per heavy atom. The molecule has 0 aliphatic rings. The lowest BCUT2D eigenvalue weighted by Gasteiger charge is -2.09. The summed E-state index contributed by atoms with van der Waals surface area (Å²) < 4.78 is 10.6. The van der Waals surface area contributed by atoms with Gasteiger partial charge in [-0.2, -0.15) is 0 Å². The second kappa shape index (κ2) is 6.64. The van der Waals surface area contributed by atoms with Crippen LogP contribution >= 0.6 is 11.6 Å². The first kappa shape index (κ1) is 15.4. The summed E-state index contributed by atoms with van der Waals surface area (Å²) >= 11 is 6.10. The zero-order valence-electron chi connectivity index (χ0n) is 12.3. The normalized spacial score (nSPS) is 10.3. The Morgan fingerprint density at radius 2 is 1.62 bits per heavy atom. The zero-order valence-corrected chi connectivity index (χ0v) is 13.0. The molecule has 0 atom stereocenters. The lowest BCUT2D eigenvalue weighted by Crippen LogP contribution is -2.11. The van der Waals surface area contributed by atoms with Crippen LogP contribution in [0, 0.1) is 13.8 Å². The van der Waals surface area contributed by atoms with E-state index in [0.29, 0.717) is 11.3 Å². The highest BCUT2D eigenvalue weighted by molar-refractivity contribution is 6.32. The minimum absolute atomic E-state index is 0.00710. The predicted octanol–water partition coefficient (Wildman–Crippen LogP) is 4.23. The Hall–Kier alpha value is -2.00. The average Bonchev–Trinajstić information content (AvgIpc) is 2.50. The van der Waals surface area contributed by atoms with Crippen molar-refractivity contribution in [2.24, 2.45) is 0 Å². The predicted molar refractivity (Wildman–Crippen MR) is 83.7 cm³/mol. The van der Waals surface area contributed by atoms with Gasteiger partial charge in [-0.1, -0.05) is 11.6 Å². The SMILES string of the molecule is COc1ccc(C(=O)COc2cc(C)c(Cl)c(C)c2)cc1. The first-order valence-corrected chi connectivity index (χ1v) is 6.96. The van der Waals surface area contributed by atoms with Crippen LogP contribution in [0.15, 0.2) is 36.4 Å². The number of hydrogen-bond acceptors (Lipinski definition) is 3. The molecular formula is C17H17ClO3. The number of Topliss-reactive ketones (excluding diaryl/α,β-unsaturated/α-hetero) is 1. The summed E-state index contributed by atoms with van der Waals surface area (Å²) in [5, 5.41) is 0.726. The minimum Gasteiger partial charge on any atom is -0.497 e. The molecule has 0 bridgehead atoms. The Morgan fingerprint density at radius 3 is 2.14 bits per heavy atom. The van der Waals surface area contributed by atoms with Crippen molar-refractivity contribution < 1.29 is 14.3 Å². The van der Waals surface area contributed by atoms with Crippen molar-refractivity contribution in [3.05, 3.63) is 58.1 Å². The Bertz CT molecular complexity index is 625. The molecule has 3 nitrogen and oxygen atoms in total. The number of ketones is 1. The molecule has 0 radical (unpaired) electrons. The van der Waals surface area contributed by atoms with Gasteiger partial charge in [-0.25, -0.2) is 0 Å². The van der Waals surface area contributed by atoms with Crippen molar-refractivity contribution in [1.82, 2.24) is 0 Å². The molecule has 0 aliphatic carbocycles. The van der Waals surface area contributed by atoms with Gasteiger partial charge in [-0.05, 0) is 61.4 Å². The molecule has 2 aromatic rings. The number of rotatable bonds is 5. The van der Waals surface area contributed by atoms with Crippen LogP contribution < -0.4 is 9.47 Å². The number of methoxy groups -OCH3 is 1. The van der Waals surface area contributed by atoms with E-state index in [1.54, 1.807) is 31.4 Å². The summed E-state index contributed by atoms with van der Waals surface area (Å²) in [6.07, 6.45) is 0. The third-order valence-electron chi connectivity index (χ3n) is 3.19. The summed E-state index contributed by atoms with van der Waals surface area (Å²) in [4.78, 5) is 12.1. The summed E-state index contributed by atoms with van der Waals surface area (Å²) in [7, 11) is 1.59. The molecular weight excluding hydrogens is 288 g/mol. The number of benzene rings is 2. The molecule has 0 saturated carbocycles. The number of hydrogen-bond donors (Lipinski definition) is 0. The Balaban J connectivity index is 2.03. The van der Waals surface area contributed by atoms with Gasteiger partial charge < -0.3 is 9.47 Å². The highest BCUT2D eigenvalue weighted by Gasteiger charge is 2.09. The number of carbonyl (C=O) groups excluding carboxylic acids is 1. The van der Waals surface area contributed by atoms with Gasteiger partial charge in [0.2, 0.25) is 0 Å². The summed E-state index contributed by atoms with van der Waals surface area (Å²) in [5.74, 6) is 1.29. The molecule has 0 spiro atoms. The van der Waals surface area contributed by atoms with Gasteiger partial charge in [0.15, 0.2) is 12.4 Å². The van der Waals surface area contributed by atoms with Gasteiger partial charge in [0.05, 0.1) is 7.11 Å². The zero-order chi connectivity index (χ0) is 15.4. The topological polar surface area (TPSA) is 35.5 Å². The summed E-state index contributed by atoms with van der Waals surface area (Å²) in [6.45, 7) is 3.81. The van der Waals surface area contributed by atoms with Crippen LogP contribution in [0.5, 0.6) is 11.5 Å². The van der Waals surface area contributed by atoms with Crippen LogP contribution in [0.2, 0.25) is 5.02 Å². The van der Waals surface area contributed by atoms with E-state index in [0.717, 1.165) is 21.9 Å². The van der Waals surface area contributed by atoms with E-state index < -0.39 is 0 Å². The van der Waals surface area contributed by atoms with Gasteiger partial charge in [-0.3, -0.25) is 4.79 Å². The Kier molecular flexibility index (Phi) is 4.86. The largest absolute Gasteiger partial charge is 0.497 e. The van der Waals surface area contributed by atoms with Crippen LogP contribution in [0.3, 0.4) is 0 Å². The van der Waals surface area contributed by atoms with Gasteiger partial charge in [0, 0.05) is 10.6 Å². The van der Waals surface area contributed by atoms with Crippen molar-refractivity contribution in [3.8, 4) is 11.5 Å². The van der Waals surface area contributed by atoms with Crippen molar-refractivity contribution >= 4 is 17.4 Å². The molecule has 0 unspecified atom stereocenters. The van der Waals surface area contributed by atoms with E-state index in [9.17, 15) is 4.79 Å². The van der Waals surface area contributed by atoms with Crippen LogP contribution in [-0.2, 0) is 0 Å². The molecule has 0 aromatic heterocycles. The van der Waals surface area contributed by atoms with E-state index in [1.165, 1.54) is 0 Å². The van der Waals surface area contributed by atoms with Crippen LogP contribution in [0.4, 0.5) is 0 Å². The molecule has 0 amide bonds. The van der Waals surface area contributed by atoms with Gasteiger partial charge >= 0.3 is 0 Å². The maximum Gasteiger partial charge on any atom is 0.200 e. The quantitative estimate of drug-likeness (QED) is 0.776. The molecule has 0 N–H and O–H groups in total. The molecule has 2 rings (SSSR count). The third-order valence-corrected chi connectivity index (χ3v) is 3.79. The van der Waals surface area contributed by atoms with E-state index in [-0.39, 0.29) is 12.4 Å². The molecule has 0 saturated heterocycles. The molecule has 0 heterocycles. The maximum absolute atomic E-state index is 12.1. The van der Waals surface area contributed by atoms with Crippen LogP contribution in [-0.4, -0.2) is 19.5 Å². The number of halogens is 1. The molecule has 0 fully saturated rings. The Labute approximate surface area is 129 Å². The number of aryl methyl sites for hydroxylation is 2. The highest BCUT2D eigenvalue weighted by Crippen LogP contribution is 2.26. The fourth-order valence-electron chi connectivity index (χ4n) is 2.00. The fourth-order valence-corrected chi connectivity index (χ4v) is 2.11. The van der Waals surface area contributed by atoms with E-state index in [4.69, 9.17) is 21.1 Å². The monoisotopic (exact) mass is 304 g/mol. The van der Waals surface area contributed by atoms with E-state index >= 15 is 0 Å². The lowest BCUT2D eigenvalue weighted by atomic mass is 10.1. The molecule has 2 aromatic carbocycles. The first-order chi connectivity index (χ1) is 10.0. The summed E-state index contributed by atoms with van der Waals surface area (Å²) in [6, 6.07) is 10.6. The molecule has 4 heteroatoms. The first-order valence-electron chi connectivity index (χ1n) is 6.58. The lowest BCUT2D eigenvalue weighted by molar-refractivity contribution is 0.0921. The molecule has 21 heavy (non-hydrogen) atoms. The van der Waals surface area contributed by atoms with Gasteiger partial charge in [0.25, 0.3) is 0 Å². The highest BCUT2D eigenvalue weighted by atomic mass is 35.5. The number of ether oxygens (including phenoxy) is 2. The van der Waals surface area contributed by atoms with E-state index in [1.807, 2.05) is 26.0 Å². The minimum atomic E-state index is -0.0806. The van der Waals surface area contributed by atoms with E-state index in [2.05, 4.69) is 0 Å². The van der Waals surface area contributed by atoms with Crippen LogP contribution in [0.25, 0.3) is 0 Å². The standard InChI is InChI=1S/C17H17ClO3/c1-11-8-15(9-12(2)17(11)18)21-10-16(19)13-4-6-14(20-3)7-5-13/h4-9H,10H2,1-3H3. The molecule has 0 aliphatic heterocycles. The fraction of sp³-hybridized carbons (Fsp3) is 0.235. The maximum atomic E-state index is 12.1. The smallest absolute Gasteiger partial charge is 0.200 e. The van der Waals surface area contributed by atoms with Crippen LogP contribution in [0.1, 0.15) is 21.5 Å².